The minimum Gasteiger partial charge on any atom is -0.465 e. The van der Waals surface area contributed by atoms with Crippen LogP contribution in [0.3, 0.4) is 0 Å². The van der Waals surface area contributed by atoms with Gasteiger partial charge in [-0.1, -0.05) is 6.07 Å². The number of benzene rings is 1. The van der Waals surface area contributed by atoms with Gasteiger partial charge in [-0.3, -0.25) is 9.69 Å². The number of amidine groups is 1. The van der Waals surface area contributed by atoms with E-state index in [1.807, 2.05) is 6.92 Å². The molecule has 2 heterocycles. The van der Waals surface area contributed by atoms with E-state index in [9.17, 15) is 9.59 Å². The molecule has 134 valence electrons. The van der Waals surface area contributed by atoms with Gasteiger partial charge in [-0.25, -0.2) is 9.79 Å². The summed E-state index contributed by atoms with van der Waals surface area (Å²) in [5, 5.41) is 0.566. The summed E-state index contributed by atoms with van der Waals surface area (Å²) in [5.41, 5.74) is 1.01. The maximum atomic E-state index is 12.6. The van der Waals surface area contributed by atoms with E-state index in [4.69, 9.17) is 9.15 Å². The lowest BCUT2D eigenvalue weighted by atomic mass is 10.2. The van der Waals surface area contributed by atoms with Crippen molar-refractivity contribution in [2.45, 2.75) is 13.8 Å². The fraction of sp³-hybridized carbons (Fsp3) is 0.211. The molecule has 0 N–H and O–H groups in total. The number of likely N-dealkylation sites (N-methyl/N-ethyl adjacent to an activating group) is 1. The third kappa shape index (κ3) is 3.88. The van der Waals surface area contributed by atoms with E-state index in [0.29, 0.717) is 40.2 Å². The van der Waals surface area contributed by atoms with E-state index in [0.717, 1.165) is 0 Å². The van der Waals surface area contributed by atoms with Crippen molar-refractivity contribution in [2.75, 3.05) is 13.2 Å². The van der Waals surface area contributed by atoms with Crippen molar-refractivity contribution >= 4 is 40.6 Å². The van der Waals surface area contributed by atoms with Gasteiger partial charge in [-0.15, -0.1) is 0 Å². The van der Waals surface area contributed by atoms with Gasteiger partial charge in [-0.05, 0) is 55.9 Å². The SMILES string of the molecule is CCOC(=O)c1cccc(N=C2SC(=Cc3ccco3)C(=O)N2CC)c1. The van der Waals surface area contributed by atoms with Gasteiger partial charge in [0.15, 0.2) is 5.17 Å². The molecule has 1 fully saturated rings. The molecule has 1 amide bonds. The van der Waals surface area contributed by atoms with Crippen LogP contribution in [0.2, 0.25) is 0 Å². The van der Waals surface area contributed by atoms with Gasteiger partial charge in [0, 0.05) is 12.6 Å². The molecular formula is C19H18N2O4S. The Labute approximate surface area is 155 Å². The second kappa shape index (κ2) is 8.05. The predicted molar refractivity (Wildman–Crippen MR) is 101 cm³/mol. The zero-order chi connectivity index (χ0) is 18.5. The Kier molecular flexibility index (Phi) is 5.58. The number of carbonyl (C=O) groups is 2. The minimum atomic E-state index is -0.393. The summed E-state index contributed by atoms with van der Waals surface area (Å²) in [6.07, 6.45) is 3.26. The second-order valence-corrected chi connectivity index (χ2v) is 6.35. The summed E-state index contributed by atoms with van der Waals surface area (Å²) >= 11 is 1.28. The highest BCUT2D eigenvalue weighted by Crippen LogP contribution is 2.34. The molecule has 7 heteroatoms. The molecular weight excluding hydrogens is 352 g/mol. The number of thioether (sulfide) groups is 1. The summed E-state index contributed by atoms with van der Waals surface area (Å²) < 4.78 is 10.3. The van der Waals surface area contributed by atoms with Gasteiger partial charge >= 0.3 is 5.97 Å². The Morgan fingerprint density at radius 2 is 2.15 bits per heavy atom. The lowest BCUT2D eigenvalue weighted by Gasteiger charge is -2.12. The zero-order valence-corrected chi connectivity index (χ0v) is 15.3. The minimum absolute atomic E-state index is 0.116. The quantitative estimate of drug-likeness (QED) is 0.586. The van der Waals surface area contributed by atoms with Crippen LogP contribution in [0.15, 0.2) is 57.0 Å². The fourth-order valence-electron chi connectivity index (χ4n) is 2.40. The van der Waals surface area contributed by atoms with Gasteiger partial charge in [0.25, 0.3) is 5.91 Å². The van der Waals surface area contributed by atoms with E-state index in [1.165, 1.54) is 11.8 Å². The average Bonchev–Trinajstić information content (AvgIpc) is 3.24. The van der Waals surface area contributed by atoms with Crippen molar-refractivity contribution in [3.8, 4) is 0 Å². The van der Waals surface area contributed by atoms with Crippen molar-refractivity contribution in [3.05, 3.63) is 58.9 Å². The maximum absolute atomic E-state index is 12.6. The van der Waals surface area contributed by atoms with Gasteiger partial charge < -0.3 is 9.15 Å². The summed E-state index contributed by atoms with van der Waals surface area (Å²) in [6.45, 7) is 4.46. The lowest BCUT2D eigenvalue weighted by molar-refractivity contribution is -0.122. The van der Waals surface area contributed by atoms with E-state index >= 15 is 0 Å². The van der Waals surface area contributed by atoms with Crippen molar-refractivity contribution in [1.29, 1.82) is 0 Å². The van der Waals surface area contributed by atoms with Crippen LogP contribution in [0.4, 0.5) is 5.69 Å². The molecule has 2 aromatic rings. The molecule has 26 heavy (non-hydrogen) atoms. The molecule has 0 radical (unpaired) electrons. The highest BCUT2D eigenvalue weighted by molar-refractivity contribution is 8.18. The molecule has 6 nitrogen and oxygen atoms in total. The molecule has 1 aliphatic rings. The Morgan fingerprint density at radius 3 is 2.85 bits per heavy atom. The molecule has 0 unspecified atom stereocenters. The molecule has 1 aromatic carbocycles. The first-order chi connectivity index (χ1) is 12.6. The highest BCUT2D eigenvalue weighted by atomic mass is 32.2. The number of carbonyl (C=O) groups excluding carboxylic acids is 2. The first-order valence-corrected chi connectivity index (χ1v) is 9.04. The predicted octanol–water partition coefficient (Wildman–Crippen LogP) is 4.08. The van der Waals surface area contributed by atoms with Gasteiger partial charge in [0.1, 0.15) is 5.76 Å². The van der Waals surface area contributed by atoms with E-state index in [1.54, 1.807) is 60.6 Å². The van der Waals surface area contributed by atoms with Gasteiger partial charge in [-0.2, -0.15) is 0 Å². The van der Waals surface area contributed by atoms with Gasteiger partial charge in [0.05, 0.1) is 29.0 Å². The second-order valence-electron chi connectivity index (χ2n) is 5.34. The number of esters is 1. The number of nitrogens with zero attached hydrogens (tertiary/aromatic N) is 2. The number of hydrogen-bond acceptors (Lipinski definition) is 6. The summed E-state index contributed by atoms with van der Waals surface area (Å²) in [7, 11) is 0. The largest absolute Gasteiger partial charge is 0.465 e. The molecule has 1 saturated heterocycles. The lowest BCUT2D eigenvalue weighted by Crippen LogP contribution is -2.28. The van der Waals surface area contributed by atoms with Crippen LogP contribution < -0.4 is 0 Å². The normalized spacial score (nSPS) is 17.3. The van der Waals surface area contributed by atoms with E-state index < -0.39 is 5.97 Å². The van der Waals surface area contributed by atoms with Crippen LogP contribution >= 0.6 is 11.8 Å². The number of aliphatic imine (C=N–C) groups is 1. The first kappa shape index (κ1) is 18.0. The van der Waals surface area contributed by atoms with Crippen molar-refractivity contribution in [3.63, 3.8) is 0 Å². The van der Waals surface area contributed by atoms with Crippen molar-refractivity contribution in [2.24, 2.45) is 4.99 Å². The Morgan fingerprint density at radius 1 is 1.31 bits per heavy atom. The fourth-order valence-corrected chi connectivity index (χ4v) is 3.44. The monoisotopic (exact) mass is 370 g/mol. The third-order valence-electron chi connectivity index (χ3n) is 3.60. The standard InChI is InChI=1S/C19H18N2O4S/c1-3-21-17(22)16(12-15-9-6-10-25-15)26-19(21)20-14-8-5-7-13(11-14)18(23)24-4-2/h5-12H,3-4H2,1-2H3. The molecule has 0 saturated carbocycles. The molecule has 0 atom stereocenters. The molecule has 1 aromatic heterocycles. The number of hydrogen-bond donors (Lipinski definition) is 0. The summed E-state index contributed by atoms with van der Waals surface area (Å²) in [4.78, 5) is 31.1. The van der Waals surface area contributed by atoms with E-state index in [2.05, 4.69) is 4.99 Å². The summed E-state index contributed by atoms with van der Waals surface area (Å²) in [6, 6.07) is 10.4. The molecule has 1 aliphatic heterocycles. The number of ether oxygens (including phenoxy) is 1. The van der Waals surface area contributed by atoms with Crippen molar-refractivity contribution in [1.82, 2.24) is 4.90 Å². The summed E-state index contributed by atoms with van der Waals surface area (Å²) in [5.74, 6) is 0.104. The number of furan rings is 1. The van der Waals surface area contributed by atoms with E-state index in [-0.39, 0.29) is 5.91 Å². The Hall–Kier alpha value is -2.80. The highest BCUT2D eigenvalue weighted by Gasteiger charge is 2.32. The van der Waals surface area contributed by atoms with Gasteiger partial charge in [0.2, 0.25) is 0 Å². The van der Waals surface area contributed by atoms with Crippen LogP contribution in [0, 0.1) is 0 Å². The average molecular weight is 370 g/mol. The molecule has 0 aliphatic carbocycles. The molecule has 3 rings (SSSR count). The van der Waals surface area contributed by atoms with Crippen LogP contribution in [0.25, 0.3) is 6.08 Å². The Bertz CT molecular complexity index is 871. The Balaban J connectivity index is 1.89. The topological polar surface area (TPSA) is 72.1 Å². The maximum Gasteiger partial charge on any atom is 0.338 e. The van der Waals surface area contributed by atoms with Crippen LogP contribution in [-0.2, 0) is 9.53 Å². The van der Waals surface area contributed by atoms with Crippen LogP contribution in [-0.4, -0.2) is 35.1 Å². The van der Waals surface area contributed by atoms with Crippen LogP contribution in [0.1, 0.15) is 30.0 Å². The number of rotatable bonds is 5. The van der Waals surface area contributed by atoms with Crippen LogP contribution in [0.5, 0.6) is 0 Å². The molecule has 0 bridgehead atoms. The number of amides is 1. The first-order valence-electron chi connectivity index (χ1n) is 8.23. The molecule has 0 spiro atoms. The van der Waals surface area contributed by atoms with Crippen molar-refractivity contribution < 1.29 is 18.7 Å². The third-order valence-corrected chi connectivity index (χ3v) is 4.61. The zero-order valence-electron chi connectivity index (χ0n) is 14.5. The smallest absolute Gasteiger partial charge is 0.338 e.